The molecule has 0 saturated carbocycles. The Morgan fingerprint density at radius 1 is 1.33 bits per heavy atom. The molecule has 1 aliphatic rings. The molecule has 15 heavy (non-hydrogen) atoms. The van der Waals surface area contributed by atoms with E-state index in [0.717, 1.165) is 32.7 Å². The lowest BCUT2D eigenvalue weighted by Crippen LogP contribution is -2.43. The van der Waals surface area contributed by atoms with Gasteiger partial charge in [-0.05, 0) is 24.7 Å². The van der Waals surface area contributed by atoms with Crippen LogP contribution in [-0.2, 0) is 6.54 Å². The number of hydrogen-bond acceptors (Lipinski definition) is 4. The van der Waals surface area contributed by atoms with Crippen LogP contribution in [0.5, 0.6) is 0 Å². The number of piperazine rings is 1. The number of pyridine rings is 1. The highest BCUT2D eigenvalue weighted by molar-refractivity contribution is 5.31. The van der Waals surface area contributed by atoms with E-state index in [4.69, 9.17) is 5.73 Å². The van der Waals surface area contributed by atoms with E-state index in [2.05, 4.69) is 21.8 Å². The van der Waals surface area contributed by atoms with Crippen molar-refractivity contribution in [2.24, 2.45) is 0 Å². The molecule has 4 heteroatoms. The average molecular weight is 206 g/mol. The van der Waals surface area contributed by atoms with Gasteiger partial charge in [0.05, 0.1) is 0 Å². The summed E-state index contributed by atoms with van der Waals surface area (Å²) < 4.78 is 0. The number of nitrogen functional groups attached to an aromatic ring is 1. The number of nitrogens with zero attached hydrogens (tertiary/aromatic N) is 3. The molecule has 2 N–H and O–H groups in total. The summed E-state index contributed by atoms with van der Waals surface area (Å²) in [4.78, 5) is 8.81. The van der Waals surface area contributed by atoms with Gasteiger partial charge in [0.1, 0.15) is 5.82 Å². The number of anilines is 1. The van der Waals surface area contributed by atoms with Crippen molar-refractivity contribution in [3.63, 3.8) is 0 Å². The van der Waals surface area contributed by atoms with Gasteiger partial charge in [-0.2, -0.15) is 0 Å². The second-order valence-corrected chi connectivity index (χ2v) is 4.17. The van der Waals surface area contributed by atoms with Crippen molar-refractivity contribution in [1.29, 1.82) is 0 Å². The van der Waals surface area contributed by atoms with Crippen molar-refractivity contribution in [2.45, 2.75) is 6.54 Å². The molecule has 1 aromatic heterocycles. The van der Waals surface area contributed by atoms with Crippen LogP contribution in [0.3, 0.4) is 0 Å². The van der Waals surface area contributed by atoms with Crippen molar-refractivity contribution in [2.75, 3.05) is 39.0 Å². The first-order valence-electron chi connectivity index (χ1n) is 5.35. The molecule has 0 spiro atoms. The second kappa shape index (κ2) is 4.59. The first-order valence-corrected chi connectivity index (χ1v) is 5.35. The topological polar surface area (TPSA) is 45.4 Å². The Hall–Kier alpha value is -1.13. The first-order chi connectivity index (χ1) is 7.24. The van der Waals surface area contributed by atoms with Crippen LogP contribution in [0.2, 0.25) is 0 Å². The molecule has 0 aliphatic carbocycles. The van der Waals surface area contributed by atoms with Gasteiger partial charge < -0.3 is 10.6 Å². The Labute approximate surface area is 90.7 Å². The second-order valence-electron chi connectivity index (χ2n) is 4.17. The molecule has 1 aromatic rings. The summed E-state index contributed by atoms with van der Waals surface area (Å²) in [6.07, 6.45) is 1.78. The number of aromatic nitrogens is 1. The fourth-order valence-corrected chi connectivity index (χ4v) is 1.86. The van der Waals surface area contributed by atoms with E-state index < -0.39 is 0 Å². The lowest BCUT2D eigenvalue weighted by molar-refractivity contribution is 0.148. The van der Waals surface area contributed by atoms with Crippen molar-refractivity contribution < 1.29 is 0 Å². The third kappa shape index (κ3) is 2.91. The SMILES string of the molecule is CN1CCN(Cc2ccnc(N)c2)CC1. The zero-order valence-electron chi connectivity index (χ0n) is 9.19. The minimum Gasteiger partial charge on any atom is -0.384 e. The minimum absolute atomic E-state index is 0.613. The van der Waals surface area contributed by atoms with Gasteiger partial charge in [0.25, 0.3) is 0 Å². The third-order valence-electron chi connectivity index (χ3n) is 2.85. The molecule has 0 atom stereocenters. The van der Waals surface area contributed by atoms with Gasteiger partial charge in [0, 0.05) is 38.9 Å². The number of likely N-dealkylation sites (N-methyl/N-ethyl adjacent to an activating group) is 1. The summed E-state index contributed by atoms with van der Waals surface area (Å²) in [6.45, 7) is 5.57. The van der Waals surface area contributed by atoms with Crippen LogP contribution in [0, 0.1) is 0 Å². The summed E-state index contributed by atoms with van der Waals surface area (Å²) in [5, 5.41) is 0. The zero-order chi connectivity index (χ0) is 10.7. The quantitative estimate of drug-likeness (QED) is 0.761. The maximum absolute atomic E-state index is 5.65. The summed E-state index contributed by atoms with van der Waals surface area (Å²) in [5.74, 6) is 0.613. The Bertz CT molecular complexity index is 318. The van der Waals surface area contributed by atoms with Gasteiger partial charge in [-0.25, -0.2) is 4.98 Å². The Morgan fingerprint density at radius 3 is 2.73 bits per heavy atom. The van der Waals surface area contributed by atoms with Gasteiger partial charge in [-0.3, -0.25) is 4.90 Å². The lowest BCUT2D eigenvalue weighted by Gasteiger charge is -2.32. The van der Waals surface area contributed by atoms with E-state index in [1.165, 1.54) is 5.56 Å². The van der Waals surface area contributed by atoms with Crippen molar-refractivity contribution in [1.82, 2.24) is 14.8 Å². The Kier molecular flexibility index (Phi) is 3.18. The van der Waals surface area contributed by atoms with Gasteiger partial charge in [0.15, 0.2) is 0 Å². The van der Waals surface area contributed by atoms with Crippen LogP contribution in [0.15, 0.2) is 18.3 Å². The highest BCUT2D eigenvalue weighted by atomic mass is 15.2. The maximum Gasteiger partial charge on any atom is 0.123 e. The Morgan fingerprint density at radius 2 is 2.07 bits per heavy atom. The highest BCUT2D eigenvalue weighted by Gasteiger charge is 2.13. The maximum atomic E-state index is 5.65. The molecule has 0 bridgehead atoms. The molecule has 2 heterocycles. The van der Waals surface area contributed by atoms with Crippen LogP contribution in [-0.4, -0.2) is 48.0 Å². The molecule has 0 unspecified atom stereocenters. The fourth-order valence-electron chi connectivity index (χ4n) is 1.86. The Balaban J connectivity index is 1.92. The smallest absolute Gasteiger partial charge is 0.123 e. The summed E-state index contributed by atoms with van der Waals surface area (Å²) in [7, 11) is 2.17. The molecule has 0 amide bonds. The van der Waals surface area contributed by atoms with E-state index in [1.54, 1.807) is 6.20 Å². The van der Waals surface area contributed by atoms with Gasteiger partial charge in [-0.1, -0.05) is 0 Å². The molecule has 0 aromatic carbocycles. The molecule has 1 saturated heterocycles. The van der Waals surface area contributed by atoms with Crippen LogP contribution in [0.25, 0.3) is 0 Å². The van der Waals surface area contributed by atoms with E-state index in [9.17, 15) is 0 Å². The van der Waals surface area contributed by atoms with Crippen molar-refractivity contribution >= 4 is 5.82 Å². The van der Waals surface area contributed by atoms with Crippen molar-refractivity contribution in [3.05, 3.63) is 23.9 Å². The molecule has 4 nitrogen and oxygen atoms in total. The van der Waals surface area contributed by atoms with Crippen LogP contribution in [0.4, 0.5) is 5.82 Å². The van der Waals surface area contributed by atoms with Gasteiger partial charge in [0.2, 0.25) is 0 Å². The normalized spacial score (nSPS) is 19.3. The molecular formula is C11H18N4. The van der Waals surface area contributed by atoms with Crippen LogP contribution < -0.4 is 5.73 Å². The molecule has 1 aliphatic heterocycles. The highest BCUT2D eigenvalue weighted by Crippen LogP contribution is 2.08. The molecule has 0 radical (unpaired) electrons. The van der Waals surface area contributed by atoms with Crippen LogP contribution >= 0.6 is 0 Å². The summed E-state index contributed by atoms with van der Waals surface area (Å²) in [5.41, 5.74) is 6.90. The predicted molar refractivity (Wildman–Crippen MR) is 61.4 cm³/mol. The minimum atomic E-state index is 0.613. The first kappa shape index (κ1) is 10.4. The molecule has 2 rings (SSSR count). The van der Waals surface area contributed by atoms with E-state index in [1.807, 2.05) is 12.1 Å². The van der Waals surface area contributed by atoms with E-state index in [0.29, 0.717) is 5.82 Å². The van der Waals surface area contributed by atoms with Gasteiger partial charge >= 0.3 is 0 Å². The van der Waals surface area contributed by atoms with Gasteiger partial charge in [-0.15, -0.1) is 0 Å². The largest absolute Gasteiger partial charge is 0.384 e. The van der Waals surface area contributed by atoms with Crippen molar-refractivity contribution in [3.8, 4) is 0 Å². The fraction of sp³-hybridized carbons (Fsp3) is 0.545. The lowest BCUT2D eigenvalue weighted by atomic mass is 10.2. The average Bonchev–Trinajstić information content (AvgIpc) is 2.22. The van der Waals surface area contributed by atoms with Crippen LogP contribution in [0.1, 0.15) is 5.56 Å². The summed E-state index contributed by atoms with van der Waals surface area (Å²) >= 11 is 0. The predicted octanol–water partition coefficient (Wildman–Crippen LogP) is 0.411. The molecule has 82 valence electrons. The molecule has 1 fully saturated rings. The number of rotatable bonds is 2. The monoisotopic (exact) mass is 206 g/mol. The van der Waals surface area contributed by atoms with E-state index in [-0.39, 0.29) is 0 Å². The zero-order valence-corrected chi connectivity index (χ0v) is 9.19. The summed E-state index contributed by atoms with van der Waals surface area (Å²) in [6, 6.07) is 3.99. The molecular weight excluding hydrogens is 188 g/mol. The third-order valence-corrected chi connectivity index (χ3v) is 2.85. The van der Waals surface area contributed by atoms with E-state index >= 15 is 0 Å². The number of hydrogen-bond donors (Lipinski definition) is 1. The number of nitrogens with two attached hydrogens (primary N) is 1. The standard InChI is InChI=1S/C11H18N4/c1-14-4-6-15(7-5-14)9-10-2-3-13-11(12)8-10/h2-3,8H,4-7,9H2,1H3,(H2,12,13).